The molecule has 31 heavy (non-hydrogen) atoms. The zero-order valence-electron chi connectivity index (χ0n) is 18.2. The molecule has 0 spiro atoms. The zero-order chi connectivity index (χ0) is 22.3. The van der Waals surface area contributed by atoms with Crippen LogP contribution in [0.1, 0.15) is 50.8 Å². The third kappa shape index (κ3) is 4.35. The summed E-state index contributed by atoms with van der Waals surface area (Å²) in [6.45, 7) is 8.00. The van der Waals surface area contributed by atoms with Crippen molar-refractivity contribution >= 4 is 33.4 Å². The monoisotopic (exact) mass is 479 g/mol. The lowest BCUT2D eigenvalue weighted by Gasteiger charge is -2.39. The molecular formula is C25H26BrN3O2. The number of hydrogen-bond donors (Lipinski definition) is 2. The molecule has 2 N–H and O–H groups in total. The Hall–Kier alpha value is -2.73. The lowest BCUT2D eigenvalue weighted by Crippen LogP contribution is -2.39. The van der Waals surface area contributed by atoms with Gasteiger partial charge in [-0.2, -0.15) is 0 Å². The van der Waals surface area contributed by atoms with Gasteiger partial charge in [0, 0.05) is 45.0 Å². The van der Waals surface area contributed by atoms with Gasteiger partial charge in [0.1, 0.15) is 5.82 Å². The van der Waals surface area contributed by atoms with Crippen molar-refractivity contribution in [3.8, 4) is 0 Å². The van der Waals surface area contributed by atoms with Crippen LogP contribution in [0.4, 0.5) is 5.82 Å². The molecule has 0 saturated heterocycles. The van der Waals surface area contributed by atoms with Crippen LogP contribution in [0.15, 0.2) is 69.5 Å². The molecule has 0 radical (unpaired) electrons. The summed E-state index contributed by atoms with van der Waals surface area (Å²) in [4.78, 5) is 31.2. The van der Waals surface area contributed by atoms with Gasteiger partial charge in [-0.25, -0.2) is 4.98 Å². The first-order chi connectivity index (χ1) is 14.6. The maximum atomic E-state index is 13.5. The predicted octanol–water partition coefficient (Wildman–Crippen LogP) is 5.40. The lowest BCUT2D eigenvalue weighted by molar-refractivity contribution is -0.118. The second-order valence-corrected chi connectivity index (χ2v) is 10.0. The Labute approximate surface area is 191 Å². The molecule has 1 aromatic heterocycles. The Morgan fingerprint density at radius 2 is 1.90 bits per heavy atom. The van der Waals surface area contributed by atoms with Crippen LogP contribution in [0, 0.1) is 12.3 Å². The molecule has 0 fully saturated rings. The first kappa shape index (κ1) is 21.5. The molecule has 0 unspecified atom stereocenters. The highest BCUT2D eigenvalue weighted by molar-refractivity contribution is 9.10. The van der Waals surface area contributed by atoms with Crippen molar-refractivity contribution in [1.29, 1.82) is 0 Å². The average Bonchev–Trinajstić information content (AvgIpc) is 2.65. The highest BCUT2D eigenvalue weighted by Crippen LogP contribution is 2.47. The van der Waals surface area contributed by atoms with Gasteiger partial charge in [0.05, 0.1) is 0 Å². The van der Waals surface area contributed by atoms with E-state index in [9.17, 15) is 9.59 Å². The van der Waals surface area contributed by atoms with E-state index in [2.05, 4.69) is 45.4 Å². The van der Waals surface area contributed by atoms with E-state index in [1.54, 1.807) is 6.07 Å². The minimum absolute atomic E-state index is 0.0928. The van der Waals surface area contributed by atoms with E-state index in [-0.39, 0.29) is 17.1 Å². The number of ketones is 1. The van der Waals surface area contributed by atoms with E-state index in [4.69, 9.17) is 0 Å². The van der Waals surface area contributed by atoms with Gasteiger partial charge in [0.25, 0.3) is 5.91 Å². The van der Waals surface area contributed by atoms with E-state index in [0.29, 0.717) is 23.4 Å². The van der Waals surface area contributed by atoms with Crippen molar-refractivity contribution in [1.82, 2.24) is 10.3 Å². The first-order valence-corrected chi connectivity index (χ1v) is 11.2. The Bertz CT molecular complexity index is 1150. The number of amides is 1. The van der Waals surface area contributed by atoms with E-state index in [0.717, 1.165) is 33.5 Å². The molecular weight excluding hydrogens is 454 g/mol. The van der Waals surface area contributed by atoms with Gasteiger partial charge >= 0.3 is 0 Å². The smallest absolute Gasteiger partial charge is 0.255 e. The fourth-order valence-corrected chi connectivity index (χ4v) is 4.97. The Balaban J connectivity index is 1.81. The molecule has 1 amide bonds. The minimum Gasteiger partial charge on any atom is -0.362 e. The minimum atomic E-state index is -0.429. The van der Waals surface area contributed by atoms with E-state index in [1.165, 1.54) is 0 Å². The number of pyridine rings is 1. The van der Waals surface area contributed by atoms with Crippen molar-refractivity contribution < 1.29 is 9.59 Å². The summed E-state index contributed by atoms with van der Waals surface area (Å²) in [5.74, 6) is -0.0937. The quantitative estimate of drug-likeness (QED) is 0.618. The van der Waals surface area contributed by atoms with E-state index < -0.39 is 5.92 Å². The molecule has 1 atom stereocenters. The van der Waals surface area contributed by atoms with Crippen LogP contribution in [0.5, 0.6) is 0 Å². The number of hydrogen-bond acceptors (Lipinski definition) is 4. The number of carbonyl (C=O) groups is 2. The van der Waals surface area contributed by atoms with Gasteiger partial charge in [-0.1, -0.05) is 48.0 Å². The van der Waals surface area contributed by atoms with Crippen LogP contribution in [-0.2, 0) is 9.59 Å². The highest BCUT2D eigenvalue weighted by atomic mass is 79.9. The molecule has 2 heterocycles. The third-order valence-corrected chi connectivity index (χ3v) is 6.29. The summed E-state index contributed by atoms with van der Waals surface area (Å²) in [6.07, 6.45) is 1.23. The van der Waals surface area contributed by atoms with Gasteiger partial charge in [0.2, 0.25) is 0 Å². The second-order valence-electron chi connectivity index (χ2n) is 9.10. The van der Waals surface area contributed by atoms with Crippen LogP contribution in [0.25, 0.3) is 0 Å². The fourth-order valence-electron chi connectivity index (χ4n) is 4.55. The Kier molecular flexibility index (Phi) is 5.60. The number of halogens is 1. The molecule has 6 heteroatoms. The highest BCUT2D eigenvalue weighted by Gasteiger charge is 2.42. The number of Topliss-reactive ketones (excluding diaryl/α,β-unsaturated/α-hetero) is 1. The topological polar surface area (TPSA) is 71.1 Å². The predicted molar refractivity (Wildman–Crippen MR) is 125 cm³/mol. The van der Waals surface area contributed by atoms with E-state index in [1.807, 2.05) is 50.2 Å². The molecule has 5 nitrogen and oxygen atoms in total. The van der Waals surface area contributed by atoms with Crippen molar-refractivity contribution in [3.05, 3.63) is 80.7 Å². The van der Waals surface area contributed by atoms with Crippen molar-refractivity contribution in [2.75, 3.05) is 5.32 Å². The van der Waals surface area contributed by atoms with Crippen LogP contribution in [-0.4, -0.2) is 16.7 Å². The molecule has 160 valence electrons. The zero-order valence-corrected chi connectivity index (χ0v) is 19.8. The number of carbonyl (C=O) groups excluding carboxylic acids is 2. The number of benzene rings is 1. The summed E-state index contributed by atoms with van der Waals surface area (Å²) < 4.78 is 0.909. The fraction of sp³-hybridized carbons (Fsp3) is 0.320. The molecule has 0 saturated carbocycles. The first-order valence-electron chi connectivity index (χ1n) is 10.4. The Morgan fingerprint density at radius 1 is 1.16 bits per heavy atom. The average molecular weight is 480 g/mol. The molecule has 0 bridgehead atoms. The summed E-state index contributed by atoms with van der Waals surface area (Å²) in [5, 5.41) is 6.32. The number of anilines is 1. The van der Waals surface area contributed by atoms with Crippen LogP contribution < -0.4 is 10.6 Å². The molecule has 1 aromatic carbocycles. The number of aromatic nitrogens is 1. The molecule has 2 aromatic rings. The molecule has 1 aliphatic carbocycles. The van der Waals surface area contributed by atoms with Crippen molar-refractivity contribution in [2.45, 2.75) is 46.5 Å². The maximum Gasteiger partial charge on any atom is 0.255 e. The molecule has 1 aliphatic heterocycles. The Morgan fingerprint density at radius 3 is 2.61 bits per heavy atom. The summed E-state index contributed by atoms with van der Waals surface area (Å²) in [5.41, 5.74) is 4.56. The molecule has 2 aliphatic rings. The SMILES string of the molecule is CC1=C(C(=O)Nc2cccc(C)n2)[C@H](c2cccc(Br)c2)C2=C(CC(C)(C)CC2=O)N1. The second kappa shape index (κ2) is 8.08. The van der Waals surface area contributed by atoms with Crippen LogP contribution >= 0.6 is 15.9 Å². The third-order valence-electron chi connectivity index (χ3n) is 5.80. The van der Waals surface area contributed by atoms with Crippen molar-refractivity contribution in [2.24, 2.45) is 5.41 Å². The summed E-state index contributed by atoms with van der Waals surface area (Å²) >= 11 is 3.54. The maximum absolute atomic E-state index is 13.5. The number of allylic oxidation sites excluding steroid dienone is 3. The number of nitrogens with one attached hydrogen (secondary N) is 2. The summed E-state index contributed by atoms with van der Waals surface area (Å²) in [7, 11) is 0. The van der Waals surface area contributed by atoms with Gasteiger partial charge in [-0.3, -0.25) is 9.59 Å². The van der Waals surface area contributed by atoms with Gasteiger partial charge in [-0.05, 0) is 55.5 Å². The number of aryl methyl sites for hydroxylation is 1. The standard InChI is InChI=1S/C25H26BrN3O2/c1-14-7-5-10-20(27-14)29-24(31)21-15(2)28-18-12-25(3,4)13-19(30)23(18)22(21)16-8-6-9-17(26)11-16/h5-11,22,28H,12-13H2,1-4H3,(H,27,29,31)/t22-/m0/s1. The number of rotatable bonds is 3. The lowest BCUT2D eigenvalue weighted by atomic mass is 9.68. The molecule has 4 rings (SSSR count). The summed E-state index contributed by atoms with van der Waals surface area (Å²) in [6, 6.07) is 13.3. The number of dihydropyridines is 1. The normalized spacial score (nSPS) is 20.3. The van der Waals surface area contributed by atoms with Gasteiger partial charge in [-0.15, -0.1) is 0 Å². The van der Waals surface area contributed by atoms with Crippen LogP contribution in [0.2, 0.25) is 0 Å². The van der Waals surface area contributed by atoms with E-state index >= 15 is 0 Å². The van der Waals surface area contributed by atoms with Crippen LogP contribution in [0.3, 0.4) is 0 Å². The van der Waals surface area contributed by atoms with Crippen molar-refractivity contribution in [3.63, 3.8) is 0 Å². The van der Waals surface area contributed by atoms with Gasteiger partial charge < -0.3 is 10.6 Å². The van der Waals surface area contributed by atoms with Gasteiger partial charge in [0.15, 0.2) is 5.78 Å². The largest absolute Gasteiger partial charge is 0.362 e. The number of nitrogens with zero attached hydrogens (tertiary/aromatic N) is 1.